The zero-order valence-corrected chi connectivity index (χ0v) is 22.8. The molecule has 0 bridgehead atoms. The van der Waals surface area contributed by atoms with Crippen molar-refractivity contribution >= 4 is 0 Å². The van der Waals surface area contributed by atoms with Gasteiger partial charge in [-0.2, -0.15) is 0 Å². The Hall–Kier alpha value is -0.900. The van der Waals surface area contributed by atoms with Crippen LogP contribution >= 0.6 is 0 Å². The molecule has 0 aromatic carbocycles. The topological polar surface area (TPSA) is 114 Å². The van der Waals surface area contributed by atoms with Gasteiger partial charge >= 0.3 is 0 Å². The summed E-state index contributed by atoms with van der Waals surface area (Å²) in [7, 11) is 1.90. The normalized spacial score (nSPS) is 11.3. The van der Waals surface area contributed by atoms with Gasteiger partial charge in [-0.25, -0.2) is 0 Å². The largest absolute Gasteiger partial charge is 0.499 e. The minimum atomic E-state index is 0.505. The van der Waals surface area contributed by atoms with Crippen LogP contribution in [-0.2, 0) is 52.1 Å². The molecule has 0 aliphatic heterocycles. The summed E-state index contributed by atoms with van der Waals surface area (Å²) in [6, 6.07) is 0. The fourth-order valence-corrected chi connectivity index (χ4v) is 2.45. The van der Waals surface area contributed by atoms with E-state index in [0.29, 0.717) is 139 Å². The minimum absolute atomic E-state index is 0.505. The maximum Gasteiger partial charge on any atom is 0.111 e. The average Bonchev–Trinajstić information content (AvgIpc) is 2.91. The number of ether oxygens (including phenoxy) is 11. The highest BCUT2D eigenvalue weighted by Gasteiger charge is 1.96. The summed E-state index contributed by atoms with van der Waals surface area (Å²) in [5.41, 5.74) is 0. The molecule has 0 spiro atoms. The summed E-state index contributed by atoms with van der Waals surface area (Å²) in [6.07, 6.45) is 1.40. The molecule has 1 N–H and O–H groups in total. The van der Waals surface area contributed by atoms with Crippen LogP contribution in [0, 0.1) is 0 Å². The molecule has 0 heterocycles. The van der Waals surface area contributed by atoms with Gasteiger partial charge in [-0.05, 0) is 7.05 Å². The van der Waals surface area contributed by atoms with Crippen molar-refractivity contribution in [2.75, 3.05) is 152 Å². The second kappa shape index (κ2) is 35.1. The van der Waals surface area contributed by atoms with E-state index >= 15 is 0 Å². The summed E-state index contributed by atoms with van der Waals surface area (Å²) < 4.78 is 59.0. The van der Waals surface area contributed by atoms with Gasteiger partial charge in [-0.15, -0.1) is 0 Å². The third-order valence-electron chi connectivity index (χ3n) is 4.31. The van der Waals surface area contributed by atoms with Crippen LogP contribution in [0.3, 0.4) is 0 Å². The van der Waals surface area contributed by atoms with Crippen molar-refractivity contribution in [3.8, 4) is 0 Å². The van der Waals surface area contributed by atoms with Crippen molar-refractivity contribution in [2.24, 2.45) is 0 Å². The molecule has 0 fully saturated rings. The van der Waals surface area contributed by atoms with Crippen LogP contribution in [0.5, 0.6) is 0 Å². The zero-order valence-electron chi connectivity index (χ0n) is 22.8. The molecule has 0 aliphatic rings. The van der Waals surface area contributed by atoms with E-state index in [0.717, 1.165) is 6.54 Å². The fraction of sp³-hybridized carbons (Fsp3) is 0.920. The van der Waals surface area contributed by atoms with E-state index in [1.165, 1.54) is 6.26 Å². The minimum Gasteiger partial charge on any atom is -0.499 e. The Morgan fingerprint density at radius 3 is 0.811 bits per heavy atom. The van der Waals surface area contributed by atoms with Crippen LogP contribution in [0.15, 0.2) is 12.8 Å². The monoisotopic (exact) mass is 541 g/mol. The van der Waals surface area contributed by atoms with Crippen LogP contribution in [-0.4, -0.2) is 152 Å². The molecule has 0 atom stereocenters. The molecule has 0 saturated carbocycles. The van der Waals surface area contributed by atoms with Gasteiger partial charge in [0.25, 0.3) is 0 Å². The number of hydrogen-bond acceptors (Lipinski definition) is 12. The first-order valence-electron chi connectivity index (χ1n) is 13.1. The molecule has 0 aliphatic carbocycles. The lowest BCUT2D eigenvalue weighted by Crippen LogP contribution is -2.17. The Morgan fingerprint density at radius 1 is 0.378 bits per heavy atom. The Kier molecular flexibility index (Phi) is 34.2. The quantitative estimate of drug-likeness (QED) is 0.0906. The van der Waals surface area contributed by atoms with Gasteiger partial charge in [0.05, 0.1) is 138 Å². The lowest BCUT2D eigenvalue weighted by molar-refractivity contribution is -0.0268. The van der Waals surface area contributed by atoms with Crippen LogP contribution in [0.1, 0.15) is 0 Å². The molecule has 0 saturated heterocycles. The van der Waals surface area contributed by atoms with Crippen LogP contribution in [0.4, 0.5) is 0 Å². The summed E-state index contributed by atoms with van der Waals surface area (Å²) in [4.78, 5) is 0. The van der Waals surface area contributed by atoms with Gasteiger partial charge in [-0.3, -0.25) is 0 Å². The van der Waals surface area contributed by atoms with Gasteiger partial charge in [0, 0.05) is 6.54 Å². The Morgan fingerprint density at radius 2 is 0.595 bits per heavy atom. The maximum atomic E-state index is 5.45. The van der Waals surface area contributed by atoms with Gasteiger partial charge in [-0.1, -0.05) is 6.58 Å². The first-order valence-corrected chi connectivity index (χ1v) is 13.1. The Balaban J connectivity index is 3.01. The summed E-state index contributed by atoms with van der Waals surface area (Å²) in [6.45, 7) is 15.7. The average molecular weight is 542 g/mol. The third kappa shape index (κ3) is 35.1. The van der Waals surface area contributed by atoms with Gasteiger partial charge < -0.3 is 57.4 Å². The first kappa shape index (κ1) is 36.1. The molecular weight excluding hydrogens is 490 g/mol. The predicted molar refractivity (Wildman–Crippen MR) is 138 cm³/mol. The van der Waals surface area contributed by atoms with Crippen LogP contribution in [0.25, 0.3) is 0 Å². The second-order valence-electron chi connectivity index (χ2n) is 7.26. The van der Waals surface area contributed by atoms with Crippen molar-refractivity contribution in [2.45, 2.75) is 0 Å². The molecule has 37 heavy (non-hydrogen) atoms. The SMILES string of the molecule is C=COCCOCCOCCOCCOCCOCCOCCOCCOCCOCCOCCNC. The number of rotatable bonds is 34. The van der Waals surface area contributed by atoms with E-state index < -0.39 is 0 Å². The summed E-state index contributed by atoms with van der Waals surface area (Å²) >= 11 is 0. The van der Waals surface area contributed by atoms with E-state index in [1.54, 1.807) is 0 Å². The number of nitrogens with one attached hydrogen (secondary N) is 1. The molecule has 0 aromatic heterocycles. The molecule has 0 unspecified atom stereocenters. The Bertz CT molecular complexity index is 422. The van der Waals surface area contributed by atoms with Crippen molar-refractivity contribution in [3.05, 3.63) is 12.8 Å². The van der Waals surface area contributed by atoms with E-state index in [4.69, 9.17) is 52.1 Å². The van der Waals surface area contributed by atoms with Crippen molar-refractivity contribution in [3.63, 3.8) is 0 Å². The molecule has 222 valence electrons. The predicted octanol–water partition coefficient (Wildman–Crippen LogP) is 0.532. The molecule has 0 amide bonds. The smallest absolute Gasteiger partial charge is 0.111 e. The maximum absolute atomic E-state index is 5.45. The standard InChI is InChI=1S/C25H51NO11/c1-3-27-6-7-29-10-11-31-14-15-33-18-19-35-22-23-37-25-24-36-21-20-34-17-16-32-13-12-30-9-8-28-5-4-26-2/h3,26H,1,4-25H2,2H3. The van der Waals surface area contributed by atoms with Crippen molar-refractivity contribution < 1.29 is 52.1 Å². The van der Waals surface area contributed by atoms with E-state index in [2.05, 4.69) is 11.9 Å². The highest BCUT2D eigenvalue weighted by molar-refractivity contribution is 4.47. The summed E-state index contributed by atoms with van der Waals surface area (Å²) in [5, 5.41) is 3.02. The molecule has 12 nitrogen and oxygen atoms in total. The van der Waals surface area contributed by atoms with Crippen LogP contribution < -0.4 is 5.32 Å². The van der Waals surface area contributed by atoms with E-state index in [1.807, 2.05) is 7.05 Å². The summed E-state index contributed by atoms with van der Waals surface area (Å²) in [5.74, 6) is 0. The first-order chi connectivity index (χ1) is 18.4. The highest BCUT2D eigenvalue weighted by atomic mass is 16.6. The lowest BCUT2D eigenvalue weighted by Gasteiger charge is -2.09. The Labute approximate surface area is 223 Å². The van der Waals surface area contributed by atoms with Gasteiger partial charge in [0.2, 0.25) is 0 Å². The fourth-order valence-electron chi connectivity index (χ4n) is 2.45. The van der Waals surface area contributed by atoms with Crippen molar-refractivity contribution in [1.29, 1.82) is 0 Å². The molecule has 0 rings (SSSR count). The van der Waals surface area contributed by atoms with Crippen LogP contribution in [0.2, 0.25) is 0 Å². The molecule has 0 aromatic rings. The molecule has 0 radical (unpaired) electrons. The number of likely N-dealkylation sites (N-methyl/N-ethyl adjacent to an activating group) is 1. The number of hydrogen-bond donors (Lipinski definition) is 1. The van der Waals surface area contributed by atoms with Crippen molar-refractivity contribution in [1.82, 2.24) is 5.32 Å². The van der Waals surface area contributed by atoms with E-state index in [9.17, 15) is 0 Å². The highest BCUT2D eigenvalue weighted by Crippen LogP contribution is 1.86. The third-order valence-corrected chi connectivity index (χ3v) is 4.31. The van der Waals surface area contributed by atoms with Gasteiger partial charge in [0.15, 0.2) is 0 Å². The van der Waals surface area contributed by atoms with Gasteiger partial charge in [0.1, 0.15) is 6.61 Å². The lowest BCUT2D eigenvalue weighted by atomic mass is 10.6. The van der Waals surface area contributed by atoms with E-state index in [-0.39, 0.29) is 0 Å². The second-order valence-corrected chi connectivity index (χ2v) is 7.26. The molecular formula is C25H51NO11. The molecule has 12 heteroatoms. The zero-order chi connectivity index (χ0) is 26.7.